The Bertz CT molecular complexity index is 471. The number of ether oxygens (including phenoxy) is 1. The van der Waals surface area contributed by atoms with Crippen molar-refractivity contribution in [2.24, 2.45) is 0 Å². The first kappa shape index (κ1) is 15.1. The molecule has 0 bridgehead atoms. The second-order valence-corrected chi connectivity index (χ2v) is 5.07. The minimum atomic E-state index is -0.981. The Kier molecular flexibility index (Phi) is 4.58. The molecule has 1 heterocycles. The number of hydrogen-bond donors (Lipinski definition) is 0. The van der Waals surface area contributed by atoms with Crippen LogP contribution in [0.2, 0.25) is 0 Å². The van der Waals surface area contributed by atoms with E-state index in [1.165, 1.54) is 19.3 Å². The monoisotopic (exact) mass is 268 g/mol. The highest BCUT2D eigenvalue weighted by molar-refractivity contribution is 5.74. The summed E-state index contributed by atoms with van der Waals surface area (Å²) in [4.78, 5) is 27.9. The number of hydrogen-bond acceptors (Lipinski definition) is 4. The predicted molar refractivity (Wildman–Crippen MR) is 67.0 cm³/mol. The van der Waals surface area contributed by atoms with Gasteiger partial charge in [0.05, 0.1) is 5.69 Å². The van der Waals surface area contributed by atoms with E-state index in [4.69, 9.17) is 4.74 Å². The van der Waals surface area contributed by atoms with E-state index >= 15 is 0 Å². The van der Waals surface area contributed by atoms with Crippen LogP contribution in [0.15, 0.2) is 18.3 Å². The fourth-order valence-electron chi connectivity index (χ4n) is 1.39. The number of aromatic nitrogens is 1. The van der Waals surface area contributed by atoms with Crippen LogP contribution in [0.5, 0.6) is 0 Å². The molecule has 1 amide bonds. The molecule has 0 spiro atoms. The first-order valence-electron chi connectivity index (χ1n) is 5.77. The summed E-state index contributed by atoms with van der Waals surface area (Å²) < 4.78 is 18.2. The third-order valence-corrected chi connectivity index (χ3v) is 2.27. The third kappa shape index (κ3) is 4.31. The van der Waals surface area contributed by atoms with Crippen LogP contribution in [-0.4, -0.2) is 34.9 Å². The van der Waals surface area contributed by atoms with E-state index < -0.39 is 23.6 Å². The summed E-state index contributed by atoms with van der Waals surface area (Å²) in [6, 6.07) is 1.30. The van der Waals surface area contributed by atoms with Crippen molar-refractivity contribution < 1.29 is 18.7 Å². The molecule has 19 heavy (non-hydrogen) atoms. The van der Waals surface area contributed by atoms with Crippen LogP contribution < -0.4 is 0 Å². The lowest BCUT2D eigenvalue weighted by Gasteiger charge is -2.27. The molecule has 0 N–H and O–H groups in total. The number of pyridine rings is 1. The summed E-state index contributed by atoms with van der Waals surface area (Å²) in [7, 11) is 1.40. The Morgan fingerprint density at radius 1 is 1.53 bits per heavy atom. The molecule has 1 rings (SSSR count). The molecule has 5 nitrogen and oxygen atoms in total. The Balaban J connectivity index is 2.91. The summed E-state index contributed by atoms with van der Waals surface area (Å²) in [5, 5.41) is 0. The van der Waals surface area contributed by atoms with E-state index in [-0.39, 0.29) is 5.69 Å². The van der Waals surface area contributed by atoms with Crippen molar-refractivity contribution in [3.8, 4) is 0 Å². The molecule has 104 valence electrons. The van der Waals surface area contributed by atoms with Crippen LogP contribution in [0.4, 0.5) is 9.18 Å². The molecular weight excluding hydrogens is 251 g/mol. The van der Waals surface area contributed by atoms with E-state index in [1.807, 2.05) is 0 Å². The van der Waals surface area contributed by atoms with Gasteiger partial charge in [-0.25, -0.2) is 9.18 Å². The van der Waals surface area contributed by atoms with Crippen molar-refractivity contribution in [2.45, 2.75) is 32.4 Å². The average Bonchev–Trinajstić information content (AvgIpc) is 2.27. The molecule has 1 atom stereocenters. The zero-order valence-electron chi connectivity index (χ0n) is 11.4. The Morgan fingerprint density at radius 2 is 2.16 bits per heavy atom. The van der Waals surface area contributed by atoms with Crippen LogP contribution in [0.1, 0.15) is 32.5 Å². The summed E-state index contributed by atoms with van der Waals surface area (Å²) in [6.07, 6.45) is 1.09. The fraction of sp³-hybridized carbons (Fsp3) is 0.462. The summed E-state index contributed by atoms with van der Waals surface area (Å²) >= 11 is 0. The van der Waals surface area contributed by atoms with Crippen molar-refractivity contribution >= 4 is 12.4 Å². The number of nitrogens with zero attached hydrogens (tertiary/aromatic N) is 2. The fourth-order valence-corrected chi connectivity index (χ4v) is 1.39. The Morgan fingerprint density at radius 3 is 2.63 bits per heavy atom. The number of aldehydes is 1. The van der Waals surface area contributed by atoms with Gasteiger partial charge in [-0.2, -0.15) is 0 Å². The first-order chi connectivity index (χ1) is 8.74. The van der Waals surface area contributed by atoms with Gasteiger partial charge in [0.2, 0.25) is 0 Å². The molecule has 0 radical (unpaired) electrons. The molecular formula is C13H17FN2O3. The highest BCUT2D eigenvalue weighted by Gasteiger charge is 2.27. The number of rotatable bonds is 3. The van der Waals surface area contributed by atoms with E-state index in [1.54, 1.807) is 20.8 Å². The topological polar surface area (TPSA) is 59.5 Å². The van der Waals surface area contributed by atoms with Crippen molar-refractivity contribution in [3.63, 3.8) is 0 Å². The molecule has 1 aromatic heterocycles. The molecule has 1 aromatic rings. The Labute approximate surface area is 111 Å². The molecule has 1 unspecified atom stereocenters. The van der Waals surface area contributed by atoms with Crippen molar-refractivity contribution in [1.29, 1.82) is 0 Å². The summed E-state index contributed by atoms with van der Waals surface area (Å²) in [6.45, 7) is 5.15. The minimum Gasteiger partial charge on any atom is -0.444 e. The molecule has 0 fully saturated rings. The standard InChI is InChI=1S/C13H17FN2O3/c1-13(2,3)19-12(18)16(4)11(8-17)10-7-9(14)5-6-15-10/h5-8,11H,1-4H3. The first-order valence-corrected chi connectivity index (χ1v) is 5.77. The van der Waals surface area contributed by atoms with Gasteiger partial charge in [0.1, 0.15) is 23.7 Å². The van der Waals surface area contributed by atoms with Crippen molar-refractivity contribution in [1.82, 2.24) is 9.88 Å². The molecule has 0 saturated carbocycles. The highest BCUT2D eigenvalue weighted by Crippen LogP contribution is 2.18. The lowest BCUT2D eigenvalue weighted by molar-refractivity contribution is -0.112. The van der Waals surface area contributed by atoms with E-state index in [0.717, 1.165) is 11.0 Å². The normalized spacial score (nSPS) is 12.7. The molecule has 0 saturated heterocycles. The maximum absolute atomic E-state index is 13.1. The zero-order valence-corrected chi connectivity index (χ0v) is 11.4. The van der Waals surface area contributed by atoms with Crippen LogP contribution in [-0.2, 0) is 9.53 Å². The quantitative estimate of drug-likeness (QED) is 0.789. The number of carbonyl (C=O) groups excluding carboxylic acids is 2. The van der Waals surface area contributed by atoms with Gasteiger partial charge in [-0.05, 0) is 32.9 Å². The SMILES string of the molecule is CN(C(=O)OC(C)(C)C)C(C=O)c1cc(F)ccn1. The highest BCUT2D eigenvalue weighted by atomic mass is 19.1. The Hall–Kier alpha value is -1.98. The van der Waals surface area contributed by atoms with Gasteiger partial charge in [0.25, 0.3) is 0 Å². The number of likely N-dealkylation sites (N-methyl/N-ethyl adjacent to an activating group) is 1. The second kappa shape index (κ2) is 5.77. The van der Waals surface area contributed by atoms with Crippen LogP contribution in [0.25, 0.3) is 0 Å². The van der Waals surface area contributed by atoms with Gasteiger partial charge in [0, 0.05) is 13.2 Å². The van der Waals surface area contributed by atoms with E-state index in [0.29, 0.717) is 6.29 Å². The second-order valence-electron chi connectivity index (χ2n) is 5.07. The molecule has 0 aliphatic heterocycles. The molecule has 0 aliphatic carbocycles. The predicted octanol–water partition coefficient (Wildman–Crippen LogP) is 2.33. The van der Waals surface area contributed by atoms with Gasteiger partial charge in [-0.1, -0.05) is 0 Å². The smallest absolute Gasteiger partial charge is 0.410 e. The zero-order chi connectivity index (χ0) is 14.6. The van der Waals surface area contributed by atoms with Crippen LogP contribution in [0, 0.1) is 5.82 Å². The van der Waals surface area contributed by atoms with E-state index in [9.17, 15) is 14.0 Å². The van der Waals surface area contributed by atoms with Crippen molar-refractivity contribution in [3.05, 3.63) is 29.8 Å². The molecule has 0 aliphatic rings. The summed E-state index contributed by atoms with van der Waals surface area (Å²) in [5.74, 6) is -0.519. The van der Waals surface area contributed by atoms with Gasteiger partial charge < -0.3 is 9.53 Å². The van der Waals surface area contributed by atoms with Crippen LogP contribution in [0.3, 0.4) is 0 Å². The molecule has 6 heteroatoms. The lowest BCUT2D eigenvalue weighted by Crippen LogP contribution is -2.37. The largest absolute Gasteiger partial charge is 0.444 e. The average molecular weight is 268 g/mol. The van der Waals surface area contributed by atoms with Gasteiger partial charge in [-0.15, -0.1) is 0 Å². The third-order valence-electron chi connectivity index (χ3n) is 2.27. The van der Waals surface area contributed by atoms with E-state index in [2.05, 4.69) is 4.98 Å². The maximum atomic E-state index is 13.1. The van der Waals surface area contributed by atoms with Crippen molar-refractivity contribution in [2.75, 3.05) is 7.05 Å². The molecule has 0 aromatic carbocycles. The lowest BCUT2D eigenvalue weighted by atomic mass is 10.2. The number of halogens is 1. The van der Waals surface area contributed by atoms with Gasteiger partial charge in [-0.3, -0.25) is 9.88 Å². The van der Waals surface area contributed by atoms with Crippen LogP contribution >= 0.6 is 0 Å². The maximum Gasteiger partial charge on any atom is 0.410 e. The minimum absolute atomic E-state index is 0.156. The number of amides is 1. The number of carbonyl (C=O) groups is 2. The van der Waals surface area contributed by atoms with Gasteiger partial charge >= 0.3 is 6.09 Å². The summed E-state index contributed by atoms with van der Waals surface area (Å²) in [5.41, 5.74) is -0.517. The van der Waals surface area contributed by atoms with Gasteiger partial charge in [0.15, 0.2) is 0 Å².